The highest BCUT2D eigenvalue weighted by atomic mass is 31.2. The lowest BCUT2D eigenvalue weighted by atomic mass is 9.43. The molecule has 0 heterocycles. The lowest BCUT2D eigenvalue weighted by Crippen LogP contribution is -2.59. The first-order valence-electron chi connectivity index (χ1n) is 17.0. The normalized spacial score (nSPS) is 38.5. The van der Waals surface area contributed by atoms with E-state index in [0.717, 1.165) is 51.4 Å². The number of carboxylic acid groups (broad SMARTS) is 2. The zero-order valence-corrected chi connectivity index (χ0v) is 28.1. The number of aliphatic hydroxyl groups excluding tert-OH is 2. The quantitative estimate of drug-likeness (QED) is 0.0818. The molecule has 12 atom stereocenters. The van der Waals surface area contributed by atoms with Crippen LogP contribution in [-0.2, 0) is 23.7 Å². The molecule has 0 saturated heterocycles. The van der Waals surface area contributed by atoms with Gasteiger partial charge in [-0.2, -0.15) is 0 Å². The summed E-state index contributed by atoms with van der Waals surface area (Å²) in [5.74, 6) is -1.46. The van der Waals surface area contributed by atoms with Crippen LogP contribution in [0.2, 0.25) is 0 Å². The number of carboxylic acids is 2. The van der Waals surface area contributed by atoms with Gasteiger partial charge < -0.3 is 30.1 Å². The summed E-state index contributed by atoms with van der Waals surface area (Å²) in [6, 6.07) is 0. The largest absolute Gasteiger partial charge is 0.513 e. The third-order valence-electron chi connectivity index (χ3n) is 12.9. The molecule has 4 saturated carbocycles. The number of fused-ring (bicyclic) bond motifs is 5. The lowest BCUT2D eigenvalue weighted by Gasteiger charge is -2.62. The minimum atomic E-state index is -3.97. The average Bonchev–Trinajstić information content (AvgIpc) is 3.32. The van der Waals surface area contributed by atoms with Gasteiger partial charge in [0.15, 0.2) is 0 Å². The van der Waals surface area contributed by atoms with Crippen LogP contribution in [0.25, 0.3) is 0 Å². The highest BCUT2D eigenvalue weighted by Crippen LogP contribution is 2.68. The van der Waals surface area contributed by atoms with Gasteiger partial charge in [0.2, 0.25) is 7.37 Å². The third kappa shape index (κ3) is 7.81. The Hall–Kier alpha value is -1.90. The Morgan fingerprint density at radius 2 is 1.67 bits per heavy atom. The van der Waals surface area contributed by atoms with E-state index in [0.29, 0.717) is 48.3 Å². The average molecular weight is 655 g/mol. The molecule has 0 aromatic heterocycles. The summed E-state index contributed by atoms with van der Waals surface area (Å²) in [5, 5.41) is 39.6. The molecule has 0 bridgehead atoms. The number of esters is 1. The minimum Gasteiger partial charge on any atom is -0.513 e. The maximum absolute atomic E-state index is 12.7. The highest BCUT2D eigenvalue weighted by molar-refractivity contribution is 7.58. The second kappa shape index (κ2) is 14.1. The molecule has 0 aliphatic heterocycles. The Labute approximate surface area is 267 Å². The molecule has 4 aliphatic carbocycles. The molecule has 0 radical (unpaired) electrons. The van der Waals surface area contributed by atoms with Crippen LogP contribution in [0.3, 0.4) is 0 Å². The number of allylic oxidation sites excluding steroid dienone is 1. The number of carbonyl (C=O) groups is 3. The second-order valence-electron chi connectivity index (χ2n) is 15.4. The molecule has 4 rings (SSSR count). The molecule has 5 N–H and O–H groups in total. The molecule has 45 heavy (non-hydrogen) atoms. The predicted octanol–water partition coefficient (Wildman–Crippen LogP) is 6.24. The Bertz CT molecular complexity index is 1170. The molecule has 256 valence electrons. The second-order valence-corrected chi connectivity index (χ2v) is 17.9. The monoisotopic (exact) mass is 654 g/mol. The van der Waals surface area contributed by atoms with Crippen molar-refractivity contribution in [1.82, 2.24) is 0 Å². The molecule has 0 aromatic carbocycles. The summed E-state index contributed by atoms with van der Waals surface area (Å²) < 4.78 is 18.5. The van der Waals surface area contributed by atoms with Crippen LogP contribution in [0, 0.1) is 52.3 Å². The molecule has 0 spiro atoms. The maximum Gasteiger partial charge on any atom is 0.307 e. The third-order valence-corrected chi connectivity index (χ3v) is 14.8. The Morgan fingerprint density at radius 1 is 0.956 bits per heavy atom. The van der Waals surface area contributed by atoms with E-state index in [1.165, 1.54) is 0 Å². The smallest absolute Gasteiger partial charge is 0.307 e. The molecule has 0 amide bonds. The highest BCUT2D eigenvalue weighted by Gasteiger charge is 2.63. The van der Waals surface area contributed by atoms with Crippen LogP contribution in [-0.4, -0.2) is 67.8 Å². The SMILES string of the molecule is C=C(O)CC[C@@H](C)C1CCC2C3CC[C@@H]4C[C@H](OC(=O)CCP(=O)(O)CC(CCC(=O)O)C(=O)O)CC[C@]4(C)C3C[C@H](O)[C@@]21C. The first kappa shape index (κ1) is 35.9. The van der Waals surface area contributed by atoms with Gasteiger partial charge in [-0.1, -0.05) is 27.4 Å². The Kier molecular flexibility index (Phi) is 11.2. The van der Waals surface area contributed by atoms with Crippen LogP contribution < -0.4 is 0 Å². The fourth-order valence-corrected chi connectivity index (χ4v) is 12.1. The number of hydrogen-bond acceptors (Lipinski definition) is 7. The molecular formula is C34H55O10P. The van der Waals surface area contributed by atoms with Crippen molar-refractivity contribution in [3.05, 3.63) is 12.3 Å². The van der Waals surface area contributed by atoms with Gasteiger partial charge in [0, 0.05) is 25.2 Å². The van der Waals surface area contributed by atoms with Crippen LogP contribution >= 0.6 is 7.37 Å². The Morgan fingerprint density at radius 3 is 2.31 bits per heavy atom. The van der Waals surface area contributed by atoms with Crippen molar-refractivity contribution in [3.8, 4) is 0 Å². The van der Waals surface area contributed by atoms with E-state index in [1.807, 2.05) is 0 Å². The predicted molar refractivity (Wildman–Crippen MR) is 169 cm³/mol. The van der Waals surface area contributed by atoms with Gasteiger partial charge in [-0.3, -0.25) is 18.9 Å². The van der Waals surface area contributed by atoms with E-state index in [1.54, 1.807) is 0 Å². The molecule has 4 fully saturated rings. The van der Waals surface area contributed by atoms with Gasteiger partial charge in [0.25, 0.3) is 0 Å². The summed E-state index contributed by atoms with van der Waals surface area (Å²) >= 11 is 0. The number of ether oxygens (including phenoxy) is 1. The van der Waals surface area contributed by atoms with Crippen molar-refractivity contribution in [2.75, 3.05) is 12.3 Å². The van der Waals surface area contributed by atoms with Crippen LogP contribution in [0.1, 0.15) is 104 Å². The van der Waals surface area contributed by atoms with Crippen molar-refractivity contribution < 1.29 is 49.0 Å². The van der Waals surface area contributed by atoms with E-state index < -0.39 is 49.9 Å². The summed E-state index contributed by atoms with van der Waals surface area (Å²) in [5.41, 5.74) is -0.0742. The van der Waals surface area contributed by atoms with E-state index in [9.17, 15) is 39.2 Å². The van der Waals surface area contributed by atoms with Gasteiger partial charge in [-0.25, -0.2) is 0 Å². The summed E-state index contributed by atoms with van der Waals surface area (Å²) in [6.07, 6.45) is 6.45. The number of rotatable bonds is 14. The lowest BCUT2D eigenvalue weighted by molar-refractivity contribution is -0.181. The van der Waals surface area contributed by atoms with Gasteiger partial charge in [0.05, 0.1) is 24.2 Å². The van der Waals surface area contributed by atoms with Crippen molar-refractivity contribution in [3.63, 3.8) is 0 Å². The zero-order chi connectivity index (χ0) is 33.3. The van der Waals surface area contributed by atoms with E-state index in [-0.39, 0.29) is 41.6 Å². The van der Waals surface area contributed by atoms with Gasteiger partial charge in [0.1, 0.15) is 6.10 Å². The van der Waals surface area contributed by atoms with Gasteiger partial charge in [-0.05, 0) is 111 Å². The first-order valence-corrected chi connectivity index (χ1v) is 19.0. The summed E-state index contributed by atoms with van der Waals surface area (Å²) in [4.78, 5) is 45.4. The van der Waals surface area contributed by atoms with Crippen LogP contribution in [0.5, 0.6) is 0 Å². The fraction of sp³-hybridized carbons (Fsp3) is 0.853. The Balaban J connectivity index is 1.32. The standard InChI is InChI=1S/C34H55O10P/c1-20(5-6-21(2)35)26-10-11-27-25-9-8-23-17-24(13-15-33(23,3)28(25)18-29(36)34(26,27)4)44-31(39)14-16-45(42,43)19-22(32(40)41)7-12-30(37)38/h20,22-29,35-36H,2,5-19H2,1,3-4H3,(H,37,38)(H,40,41)(H,42,43)/t20-,22?,23-,24-,25?,26?,27?,28?,29+,33+,34-/m1/s1. The molecule has 11 heteroatoms. The van der Waals surface area contributed by atoms with Crippen molar-refractivity contribution >= 4 is 25.3 Å². The van der Waals surface area contributed by atoms with E-state index in [2.05, 4.69) is 27.4 Å². The molecule has 4 aliphatic rings. The minimum absolute atomic E-state index is 0.0507. The van der Waals surface area contributed by atoms with Gasteiger partial charge >= 0.3 is 17.9 Å². The molecule has 6 unspecified atom stereocenters. The number of aliphatic carboxylic acids is 2. The number of carbonyl (C=O) groups excluding carboxylic acids is 1. The number of aliphatic hydroxyl groups is 2. The first-order chi connectivity index (χ1) is 21.0. The summed E-state index contributed by atoms with van der Waals surface area (Å²) in [7, 11) is -3.97. The van der Waals surface area contributed by atoms with E-state index in [4.69, 9.17) is 9.84 Å². The van der Waals surface area contributed by atoms with Gasteiger partial charge in [-0.15, -0.1) is 0 Å². The van der Waals surface area contributed by atoms with Crippen molar-refractivity contribution in [2.45, 2.75) is 116 Å². The summed E-state index contributed by atoms with van der Waals surface area (Å²) in [6.45, 7) is 10.6. The molecular weight excluding hydrogens is 599 g/mol. The fourth-order valence-electron chi connectivity index (χ4n) is 10.4. The number of hydrogen-bond donors (Lipinski definition) is 5. The zero-order valence-electron chi connectivity index (χ0n) is 27.2. The maximum atomic E-state index is 12.7. The van der Waals surface area contributed by atoms with Crippen molar-refractivity contribution in [1.29, 1.82) is 0 Å². The van der Waals surface area contributed by atoms with Crippen molar-refractivity contribution in [2.24, 2.45) is 52.3 Å². The van der Waals surface area contributed by atoms with E-state index >= 15 is 0 Å². The molecule has 0 aromatic rings. The molecule has 10 nitrogen and oxygen atoms in total. The topological polar surface area (TPSA) is 179 Å². The van der Waals surface area contributed by atoms with Crippen LogP contribution in [0.4, 0.5) is 0 Å². The van der Waals surface area contributed by atoms with Crippen LogP contribution in [0.15, 0.2) is 12.3 Å².